The summed E-state index contributed by atoms with van der Waals surface area (Å²) in [5.41, 5.74) is 1.21. The number of nitrogens with one attached hydrogen (secondary N) is 1. The van der Waals surface area contributed by atoms with Crippen molar-refractivity contribution in [3.05, 3.63) is 39.8 Å². The lowest BCUT2D eigenvalue weighted by molar-refractivity contribution is 0.0357. The fourth-order valence-corrected chi connectivity index (χ4v) is 3.50. The monoisotopic (exact) mass is 319 g/mol. The average Bonchev–Trinajstić information content (AvgIpc) is 2.99. The van der Waals surface area contributed by atoms with Crippen LogP contribution in [-0.2, 0) is 16.8 Å². The van der Waals surface area contributed by atoms with Gasteiger partial charge in [-0.3, -0.25) is 0 Å². The highest BCUT2D eigenvalue weighted by molar-refractivity contribution is 7.11. The Kier molecular flexibility index (Phi) is 4.71. The van der Waals surface area contributed by atoms with Gasteiger partial charge in [-0.25, -0.2) is 0 Å². The highest BCUT2D eigenvalue weighted by atomic mass is 32.1. The number of ether oxygens (including phenoxy) is 2. The van der Waals surface area contributed by atoms with Crippen LogP contribution in [-0.4, -0.2) is 30.5 Å². The van der Waals surface area contributed by atoms with Gasteiger partial charge in [-0.15, -0.1) is 21.5 Å². The van der Waals surface area contributed by atoms with Gasteiger partial charge in [0.1, 0.15) is 15.8 Å². The first-order valence-electron chi connectivity index (χ1n) is 7.48. The van der Waals surface area contributed by atoms with E-state index in [0.717, 1.165) is 48.4 Å². The molecule has 1 saturated heterocycles. The van der Waals surface area contributed by atoms with E-state index in [-0.39, 0.29) is 5.54 Å². The first kappa shape index (κ1) is 15.4. The Balaban J connectivity index is 1.80. The van der Waals surface area contributed by atoms with Gasteiger partial charge in [0, 0.05) is 18.8 Å². The second-order valence-corrected chi connectivity index (χ2v) is 6.76. The molecule has 1 aliphatic rings. The van der Waals surface area contributed by atoms with Gasteiger partial charge in [0.05, 0.1) is 13.7 Å². The third kappa shape index (κ3) is 3.29. The molecule has 0 bridgehead atoms. The second-order valence-electron chi connectivity index (χ2n) is 5.49. The van der Waals surface area contributed by atoms with E-state index in [1.54, 1.807) is 18.4 Å². The fraction of sp³-hybridized carbons (Fsp3) is 0.500. The molecular formula is C16H21N3O2S. The van der Waals surface area contributed by atoms with E-state index in [0.29, 0.717) is 0 Å². The molecule has 1 fully saturated rings. The summed E-state index contributed by atoms with van der Waals surface area (Å²) < 4.78 is 10.8. The molecule has 0 unspecified atom stereocenters. The molecule has 22 heavy (non-hydrogen) atoms. The van der Waals surface area contributed by atoms with Crippen molar-refractivity contribution in [3.8, 4) is 5.75 Å². The molecule has 0 radical (unpaired) electrons. The van der Waals surface area contributed by atoms with Crippen molar-refractivity contribution in [1.82, 2.24) is 15.5 Å². The summed E-state index contributed by atoms with van der Waals surface area (Å²) in [4.78, 5) is 0. The van der Waals surface area contributed by atoms with Crippen molar-refractivity contribution in [2.24, 2.45) is 0 Å². The minimum Gasteiger partial charge on any atom is -0.497 e. The van der Waals surface area contributed by atoms with Crippen LogP contribution in [0.25, 0.3) is 0 Å². The first-order chi connectivity index (χ1) is 10.7. The lowest BCUT2D eigenvalue weighted by Crippen LogP contribution is -2.46. The molecule has 5 nitrogen and oxygen atoms in total. The predicted molar refractivity (Wildman–Crippen MR) is 86.2 cm³/mol. The Bertz CT molecular complexity index is 606. The number of hydrogen-bond acceptors (Lipinski definition) is 6. The molecule has 0 atom stereocenters. The van der Waals surface area contributed by atoms with Crippen LogP contribution in [0, 0.1) is 6.92 Å². The summed E-state index contributed by atoms with van der Waals surface area (Å²) in [6.45, 7) is 4.26. The van der Waals surface area contributed by atoms with Crippen LogP contribution in [0.3, 0.4) is 0 Å². The number of methoxy groups -OCH3 is 1. The number of nitrogens with zero attached hydrogens (tertiary/aromatic N) is 2. The van der Waals surface area contributed by atoms with Crippen molar-refractivity contribution in [2.45, 2.75) is 31.8 Å². The Morgan fingerprint density at radius 1 is 1.23 bits per heavy atom. The summed E-state index contributed by atoms with van der Waals surface area (Å²) in [6, 6.07) is 8.32. The molecule has 6 heteroatoms. The van der Waals surface area contributed by atoms with Crippen LogP contribution in [0.1, 0.15) is 28.4 Å². The normalized spacial score (nSPS) is 17.4. The largest absolute Gasteiger partial charge is 0.497 e. The molecule has 1 aromatic carbocycles. The van der Waals surface area contributed by atoms with Gasteiger partial charge in [-0.1, -0.05) is 12.1 Å². The average molecular weight is 319 g/mol. The van der Waals surface area contributed by atoms with Crippen molar-refractivity contribution in [3.63, 3.8) is 0 Å². The lowest BCUT2D eigenvalue weighted by Gasteiger charge is -2.38. The number of rotatable bonds is 5. The summed E-state index contributed by atoms with van der Waals surface area (Å²) in [7, 11) is 1.69. The van der Waals surface area contributed by atoms with Crippen LogP contribution in [0.2, 0.25) is 0 Å². The highest BCUT2D eigenvalue weighted by Crippen LogP contribution is 2.33. The predicted octanol–water partition coefficient (Wildman–Crippen LogP) is 2.65. The van der Waals surface area contributed by atoms with E-state index in [9.17, 15) is 0 Å². The molecule has 2 heterocycles. The van der Waals surface area contributed by atoms with Gasteiger partial charge in [0.25, 0.3) is 0 Å². The fourth-order valence-electron chi connectivity index (χ4n) is 2.85. The maximum atomic E-state index is 5.56. The molecule has 1 N–H and O–H groups in total. The minimum absolute atomic E-state index is 0.0654. The Morgan fingerprint density at radius 3 is 2.55 bits per heavy atom. The van der Waals surface area contributed by atoms with E-state index in [4.69, 9.17) is 9.47 Å². The number of aromatic nitrogens is 2. The van der Waals surface area contributed by atoms with Gasteiger partial charge in [0.2, 0.25) is 0 Å². The molecule has 0 aliphatic carbocycles. The number of aryl methyl sites for hydroxylation is 1. The molecule has 3 rings (SSSR count). The van der Waals surface area contributed by atoms with E-state index < -0.39 is 0 Å². The van der Waals surface area contributed by atoms with Gasteiger partial charge in [-0.2, -0.15) is 0 Å². The van der Waals surface area contributed by atoms with Gasteiger partial charge < -0.3 is 14.8 Å². The Labute approximate surface area is 134 Å². The maximum Gasteiger partial charge on any atom is 0.131 e. The van der Waals surface area contributed by atoms with E-state index in [1.165, 1.54) is 5.56 Å². The second kappa shape index (κ2) is 6.73. The van der Waals surface area contributed by atoms with E-state index in [1.807, 2.05) is 19.1 Å². The number of benzene rings is 1. The topological polar surface area (TPSA) is 56.3 Å². The maximum absolute atomic E-state index is 5.56. The summed E-state index contributed by atoms with van der Waals surface area (Å²) >= 11 is 1.64. The zero-order chi connectivity index (χ0) is 15.4. The van der Waals surface area contributed by atoms with E-state index in [2.05, 4.69) is 27.6 Å². The lowest BCUT2D eigenvalue weighted by atomic mass is 9.82. The zero-order valence-electron chi connectivity index (χ0n) is 13.0. The Hall–Kier alpha value is -1.50. The third-order valence-corrected chi connectivity index (χ3v) is 4.97. The van der Waals surface area contributed by atoms with Crippen molar-refractivity contribution >= 4 is 11.3 Å². The van der Waals surface area contributed by atoms with E-state index >= 15 is 0 Å². The molecule has 1 aliphatic heterocycles. The minimum atomic E-state index is -0.0654. The molecule has 118 valence electrons. The van der Waals surface area contributed by atoms with Crippen LogP contribution >= 0.6 is 11.3 Å². The smallest absolute Gasteiger partial charge is 0.131 e. The van der Waals surface area contributed by atoms with Crippen LogP contribution < -0.4 is 10.1 Å². The van der Waals surface area contributed by atoms with Crippen molar-refractivity contribution < 1.29 is 9.47 Å². The number of hydrogen-bond donors (Lipinski definition) is 1. The Morgan fingerprint density at radius 2 is 1.95 bits per heavy atom. The molecule has 2 aromatic rings. The third-order valence-electron chi connectivity index (χ3n) is 4.13. The molecular weight excluding hydrogens is 298 g/mol. The molecule has 0 amide bonds. The van der Waals surface area contributed by atoms with Gasteiger partial charge in [-0.05, 0) is 37.5 Å². The summed E-state index contributed by atoms with van der Waals surface area (Å²) in [5, 5.41) is 14.0. The summed E-state index contributed by atoms with van der Waals surface area (Å²) in [5.74, 6) is 0.880. The van der Waals surface area contributed by atoms with Crippen molar-refractivity contribution in [2.75, 3.05) is 20.3 Å². The quantitative estimate of drug-likeness (QED) is 0.918. The first-order valence-corrected chi connectivity index (χ1v) is 8.30. The molecule has 0 spiro atoms. The zero-order valence-corrected chi connectivity index (χ0v) is 13.8. The molecule has 0 saturated carbocycles. The summed E-state index contributed by atoms with van der Waals surface area (Å²) in [6.07, 6.45) is 1.91. The SMILES string of the molecule is COc1ccc(C2(NCc3nnc(C)s3)CCOCC2)cc1. The van der Waals surface area contributed by atoms with Crippen molar-refractivity contribution in [1.29, 1.82) is 0 Å². The molecule has 1 aromatic heterocycles. The standard InChI is InChI=1S/C16H21N3O2S/c1-12-18-19-15(22-12)11-17-16(7-9-21-10-8-16)13-3-5-14(20-2)6-4-13/h3-6,17H,7-11H2,1-2H3. The van der Waals surface area contributed by atoms with Gasteiger partial charge in [0.15, 0.2) is 0 Å². The van der Waals surface area contributed by atoms with Crippen LogP contribution in [0.5, 0.6) is 5.75 Å². The highest BCUT2D eigenvalue weighted by Gasteiger charge is 2.34. The van der Waals surface area contributed by atoms with Gasteiger partial charge >= 0.3 is 0 Å². The van der Waals surface area contributed by atoms with Crippen LogP contribution in [0.15, 0.2) is 24.3 Å². The van der Waals surface area contributed by atoms with Crippen LogP contribution in [0.4, 0.5) is 0 Å².